The van der Waals surface area contributed by atoms with E-state index < -0.39 is 23.1 Å². The number of aliphatic hydroxyl groups is 1. The molecule has 0 aromatic rings. The van der Waals surface area contributed by atoms with E-state index in [4.69, 9.17) is 4.74 Å². The van der Waals surface area contributed by atoms with Crippen LogP contribution in [-0.4, -0.2) is 35.0 Å². The van der Waals surface area contributed by atoms with Gasteiger partial charge in [0, 0.05) is 7.11 Å². The quantitative estimate of drug-likeness (QED) is 0.444. The normalized spacial score (nSPS) is 54.1. The zero-order chi connectivity index (χ0) is 24.9. The highest BCUT2D eigenvalue weighted by molar-refractivity contribution is 5.81. The van der Waals surface area contributed by atoms with Gasteiger partial charge in [0.05, 0.1) is 17.1 Å². The zero-order valence-corrected chi connectivity index (χ0v) is 22.7. The van der Waals surface area contributed by atoms with Crippen LogP contribution in [0.15, 0.2) is 11.6 Å². The molecule has 3 unspecified atom stereocenters. The number of carboxylic acids is 1. The van der Waals surface area contributed by atoms with E-state index in [1.807, 2.05) is 0 Å². The Labute approximate surface area is 206 Å². The van der Waals surface area contributed by atoms with Crippen LogP contribution in [0.1, 0.15) is 106 Å². The van der Waals surface area contributed by atoms with Crippen molar-refractivity contribution in [2.75, 3.05) is 7.11 Å². The minimum absolute atomic E-state index is 0.0337. The van der Waals surface area contributed by atoms with Crippen molar-refractivity contribution in [2.24, 2.45) is 44.8 Å². The Morgan fingerprint density at radius 1 is 0.941 bits per heavy atom. The standard InChI is InChI=1S/C30H48O4/c1-25(2)14-15-26(3)16-17-30(24(32)33)19(20(26)18-25)8-9-21-27(4)12-11-23(31)29(6,34-7)22(27)10-13-28(21,30)5/h8,20-23,31H,9-18H2,1-7H3,(H,32,33)/t20?,21?,22?,23-,26-,27-,28-,29+,30+/m1/s1. The van der Waals surface area contributed by atoms with Gasteiger partial charge in [-0.1, -0.05) is 46.3 Å². The number of methoxy groups -OCH3 is 1. The summed E-state index contributed by atoms with van der Waals surface area (Å²) in [5.74, 6) is 0.335. The maximum atomic E-state index is 13.5. The number of carboxylic acid groups (broad SMARTS) is 1. The highest BCUT2D eigenvalue weighted by atomic mass is 16.5. The van der Waals surface area contributed by atoms with Gasteiger partial charge in [-0.25, -0.2) is 0 Å². The molecular weight excluding hydrogens is 424 g/mol. The Bertz CT molecular complexity index is 907. The van der Waals surface area contributed by atoms with Crippen LogP contribution in [0.5, 0.6) is 0 Å². The highest BCUT2D eigenvalue weighted by Crippen LogP contribution is 2.75. The number of aliphatic carboxylic acids is 1. The fourth-order valence-electron chi connectivity index (χ4n) is 10.5. The maximum absolute atomic E-state index is 13.5. The van der Waals surface area contributed by atoms with Crippen molar-refractivity contribution in [2.45, 2.75) is 117 Å². The van der Waals surface area contributed by atoms with E-state index in [2.05, 4.69) is 47.6 Å². The predicted molar refractivity (Wildman–Crippen MR) is 134 cm³/mol. The second-order valence-corrected chi connectivity index (χ2v) is 14.7. The first-order valence-corrected chi connectivity index (χ1v) is 13.9. The van der Waals surface area contributed by atoms with Crippen LogP contribution < -0.4 is 0 Å². The van der Waals surface area contributed by atoms with Crippen molar-refractivity contribution in [1.82, 2.24) is 0 Å². The van der Waals surface area contributed by atoms with Crippen molar-refractivity contribution in [3.8, 4) is 0 Å². The molecule has 0 radical (unpaired) electrons. The topological polar surface area (TPSA) is 66.8 Å². The first-order chi connectivity index (χ1) is 15.7. The zero-order valence-electron chi connectivity index (χ0n) is 22.7. The first kappa shape index (κ1) is 24.8. The number of rotatable bonds is 2. The molecule has 4 nitrogen and oxygen atoms in total. The van der Waals surface area contributed by atoms with E-state index in [9.17, 15) is 15.0 Å². The number of ether oxygens (including phenoxy) is 1. The summed E-state index contributed by atoms with van der Waals surface area (Å²) >= 11 is 0. The Hall–Kier alpha value is -0.870. The van der Waals surface area contributed by atoms with E-state index in [-0.39, 0.29) is 27.6 Å². The summed E-state index contributed by atoms with van der Waals surface area (Å²) in [4.78, 5) is 13.5. The van der Waals surface area contributed by atoms with Gasteiger partial charge in [-0.2, -0.15) is 0 Å². The summed E-state index contributed by atoms with van der Waals surface area (Å²) in [5.41, 5.74) is 0.158. The molecule has 5 aliphatic carbocycles. The molecule has 34 heavy (non-hydrogen) atoms. The molecular formula is C30H48O4. The second-order valence-electron chi connectivity index (χ2n) is 14.7. The molecule has 0 amide bonds. The molecule has 4 heteroatoms. The molecule has 2 N–H and O–H groups in total. The van der Waals surface area contributed by atoms with Gasteiger partial charge in [0.2, 0.25) is 0 Å². The molecule has 4 fully saturated rings. The summed E-state index contributed by atoms with van der Waals surface area (Å²) in [5, 5.41) is 22.0. The monoisotopic (exact) mass is 472 g/mol. The molecule has 4 saturated carbocycles. The average Bonchev–Trinajstić information content (AvgIpc) is 2.76. The van der Waals surface area contributed by atoms with Crippen LogP contribution in [0.3, 0.4) is 0 Å². The lowest BCUT2D eigenvalue weighted by Gasteiger charge is -2.70. The smallest absolute Gasteiger partial charge is 0.314 e. The average molecular weight is 473 g/mol. The number of hydrogen-bond acceptors (Lipinski definition) is 3. The van der Waals surface area contributed by atoms with Gasteiger partial charge in [-0.3, -0.25) is 4.79 Å². The van der Waals surface area contributed by atoms with E-state index >= 15 is 0 Å². The van der Waals surface area contributed by atoms with Gasteiger partial charge < -0.3 is 14.9 Å². The largest absolute Gasteiger partial charge is 0.481 e. The maximum Gasteiger partial charge on any atom is 0.314 e. The SMILES string of the molecule is CO[C@@]1(C)C2CC[C@]3(C)C(CC=C4C5CC(C)(C)CC[C@]5(C)CC[C@@]43C(=O)O)[C@@]2(C)CC[C@H]1O. The van der Waals surface area contributed by atoms with E-state index in [0.717, 1.165) is 51.4 Å². The lowest BCUT2D eigenvalue weighted by atomic mass is 9.34. The Morgan fingerprint density at radius 3 is 2.26 bits per heavy atom. The van der Waals surface area contributed by atoms with Crippen LogP contribution in [0.4, 0.5) is 0 Å². The number of hydrogen-bond donors (Lipinski definition) is 2. The number of allylic oxidation sites excluding steroid dienone is 1. The van der Waals surface area contributed by atoms with Crippen LogP contribution >= 0.6 is 0 Å². The third-order valence-electron chi connectivity index (χ3n) is 12.9. The van der Waals surface area contributed by atoms with Crippen molar-refractivity contribution in [3.63, 3.8) is 0 Å². The Kier molecular flexibility index (Phi) is 5.36. The van der Waals surface area contributed by atoms with Gasteiger partial charge in [0.15, 0.2) is 0 Å². The third-order valence-corrected chi connectivity index (χ3v) is 12.9. The van der Waals surface area contributed by atoms with Crippen molar-refractivity contribution < 1.29 is 19.7 Å². The first-order valence-electron chi connectivity index (χ1n) is 13.9. The molecule has 0 spiro atoms. The molecule has 0 saturated heterocycles. The Balaban J connectivity index is 1.64. The second kappa shape index (κ2) is 7.34. The van der Waals surface area contributed by atoms with Gasteiger partial charge in [0.1, 0.15) is 0 Å². The third kappa shape index (κ3) is 2.88. The van der Waals surface area contributed by atoms with Crippen molar-refractivity contribution in [1.29, 1.82) is 0 Å². The molecule has 0 aromatic heterocycles. The summed E-state index contributed by atoms with van der Waals surface area (Å²) < 4.78 is 6.04. The summed E-state index contributed by atoms with van der Waals surface area (Å²) in [6, 6.07) is 0. The molecule has 192 valence electrons. The van der Waals surface area contributed by atoms with Gasteiger partial charge in [-0.05, 0) is 111 Å². The number of aliphatic hydroxyl groups excluding tert-OH is 1. The van der Waals surface area contributed by atoms with Crippen LogP contribution in [-0.2, 0) is 9.53 Å². The lowest BCUT2D eigenvalue weighted by molar-refractivity contribution is -0.244. The summed E-state index contributed by atoms with van der Waals surface area (Å²) in [7, 11) is 1.74. The molecule has 0 aliphatic heterocycles. The van der Waals surface area contributed by atoms with Gasteiger partial charge in [0.25, 0.3) is 0 Å². The van der Waals surface area contributed by atoms with Crippen LogP contribution in [0, 0.1) is 44.8 Å². The number of carbonyl (C=O) groups is 1. The summed E-state index contributed by atoms with van der Waals surface area (Å²) in [6.45, 7) is 14.0. The molecule has 0 aromatic carbocycles. The van der Waals surface area contributed by atoms with Crippen LogP contribution in [0.25, 0.3) is 0 Å². The summed E-state index contributed by atoms with van der Waals surface area (Å²) in [6.07, 6.45) is 11.8. The van der Waals surface area contributed by atoms with Crippen molar-refractivity contribution >= 4 is 5.97 Å². The van der Waals surface area contributed by atoms with E-state index in [1.165, 1.54) is 18.4 Å². The minimum Gasteiger partial charge on any atom is -0.481 e. The molecule has 5 aliphatic rings. The highest BCUT2D eigenvalue weighted by Gasteiger charge is 2.72. The van der Waals surface area contributed by atoms with Gasteiger partial charge in [-0.15, -0.1) is 0 Å². The van der Waals surface area contributed by atoms with Crippen LogP contribution in [0.2, 0.25) is 0 Å². The van der Waals surface area contributed by atoms with E-state index in [0.29, 0.717) is 11.8 Å². The van der Waals surface area contributed by atoms with Gasteiger partial charge >= 0.3 is 5.97 Å². The molecule has 9 atom stereocenters. The minimum atomic E-state index is -0.763. The van der Waals surface area contributed by atoms with E-state index in [1.54, 1.807) is 7.11 Å². The van der Waals surface area contributed by atoms with Crippen molar-refractivity contribution in [3.05, 3.63) is 11.6 Å². The Morgan fingerprint density at radius 2 is 1.62 bits per heavy atom. The molecule has 0 heterocycles. The molecule has 5 rings (SSSR count). The predicted octanol–water partition coefficient (Wildman–Crippen LogP) is 6.61. The lowest BCUT2D eigenvalue weighted by Crippen LogP contribution is -2.68. The molecule has 0 bridgehead atoms. The fourth-order valence-corrected chi connectivity index (χ4v) is 10.5. The number of fused-ring (bicyclic) bond motifs is 7. The fraction of sp³-hybridized carbons (Fsp3) is 0.900.